The van der Waals surface area contributed by atoms with E-state index in [1.165, 1.54) is 5.56 Å². The third-order valence-electron chi connectivity index (χ3n) is 2.21. The fourth-order valence-electron chi connectivity index (χ4n) is 1.40. The molecule has 0 radical (unpaired) electrons. The molecule has 70 valence electrons. The Hall–Kier alpha value is -1.70. The molecular weight excluding hydrogens is 172 g/mol. The Morgan fingerprint density at radius 1 is 0.857 bits per heavy atom. The summed E-state index contributed by atoms with van der Waals surface area (Å²) in [6, 6.07) is 8.32. The number of hydrogen-bond donors (Lipinski definition) is 0. The van der Waals surface area contributed by atoms with E-state index in [1.54, 1.807) is 12.4 Å². The lowest BCUT2D eigenvalue weighted by molar-refractivity contribution is 1.12. The Bertz CT molecular complexity index is 432. The van der Waals surface area contributed by atoms with Crippen LogP contribution in [0.4, 0.5) is 0 Å². The summed E-state index contributed by atoms with van der Waals surface area (Å²) in [4.78, 5) is 8.53. The summed E-state index contributed by atoms with van der Waals surface area (Å²) in [5, 5.41) is 0. The van der Waals surface area contributed by atoms with Crippen molar-refractivity contribution < 1.29 is 0 Å². The van der Waals surface area contributed by atoms with Crippen molar-refractivity contribution in [2.24, 2.45) is 0 Å². The molecule has 2 aromatic rings. The first kappa shape index (κ1) is 8.88. The maximum absolute atomic E-state index is 4.32. The van der Waals surface area contributed by atoms with E-state index in [0.717, 1.165) is 17.0 Å². The number of benzene rings is 1. The Morgan fingerprint density at radius 3 is 2.14 bits per heavy atom. The van der Waals surface area contributed by atoms with Crippen LogP contribution in [0.5, 0.6) is 0 Å². The molecule has 1 heterocycles. The minimum Gasteiger partial charge on any atom is -0.258 e. The monoisotopic (exact) mass is 184 g/mol. The van der Waals surface area contributed by atoms with Gasteiger partial charge in [-0.2, -0.15) is 0 Å². The summed E-state index contributed by atoms with van der Waals surface area (Å²) in [5.41, 5.74) is 4.32. The molecule has 0 unspecified atom stereocenters. The highest BCUT2D eigenvalue weighted by atomic mass is 14.8. The van der Waals surface area contributed by atoms with Crippen molar-refractivity contribution in [1.82, 2.24) is 9.97 Å². The lowest BCUT2D eigenvalue weighted by Crippen LogP contribution is -1.90. The molecule has 0 atom stereocenters. The maximum atomic E-state index is 4.32. The van der Waals surface area contributed by atoms with Crippen LogP contribution in [0.15, 0.2) is 36.7 Å². The van der Waals surface area contributed by atoms with Gasteiger partial charge in [0.25, 0.3) is 0 Å². The molecule has 2 nitrogen and oxygen atoms in total. The molecule has 0 aliphatic heterocycles. The van der Waals surface area contributed by atoms with E-state index in [1.807, 2.05) is 6.92 Å². The van der Waals surface area contributed by atoms with Crippen LogP contribution in [0.3, 0.4) is 0 Å². The molecule has 0 spiro atoms. The maximum Gasteiger partial charge on any atom is 0.0914 e. The van der Waals surface area contributed by atoms with Gasteiger partial charge in [0.1, 0.15) is 0 Å². The minimum absolute atomic E-state index is 0.965. The summed E-state index contributed by atoms with van der Waals surface area (Å²) < 4.78 is 0. The van der Waals surface area contributed by atoms with Crippen molar-refractivity contribution in [2.45, 2.75) is 13.8 Å². The molecule has 14 heavy (non-hydrogen) atoms. The number of aryl methyl sites for hydroxylation is 2. The predicted molar refractivity (Wildman–Crippen MR) is 56.9 cm³/mol. The Balaban J connectivity index is 2.50. The zero-order valence-electron chi connectivity index (χ0n) is 8.36. The molecule has 0 aliphatic rings. The van der Waals surface area contributed by atoms with Gasteiger partial charge in [-0.25, -0.2) is 0 Å². The zero-order valence-corrected chi connectivity index (χ0v) is 8.36. The van der Waals surface area contributed by atoms with Crippen molar-refractivity contribution in [3.8, 4) is 11.3 Å². The van der Waals surface area contributed by atoms with E-state index < -0.39 is 0 Å². The molecule has 0 bridgehead atoms. The van der Waals surface area contributed by atoms with Crippen molar-refractivity contribution in [1.29, 1.82) is 0 Å². The van der Waals surface area contributed by atoms with Gasteiger partial charge in [-0.3, -0.25) is 9.97 Å². The Morgan fingerprint density at radius 2 is 1.50 bits per heavy atom. The van der Waals surface area contributed by atoms with Crippen LogP contribution in [0.25, 0.3) is 11.3 Å². The minimum atomic E-state index is 0.965. The third kappa shape index (κ3) is 1.64. The quantitative estimate of drug-likeness (QED) is 0.681. The normalized spacial score (nSPS) is 10.1. The van der Waals surface area contributed by atoms with E-state index in [4.69, 9.17) is 0 Å². The van der Waals surface area contributed by atoms with Gasteiger partial charge in [0, 0.05) is 18.0 Å². The smallest absolute Gasteiger partial charge is 0.0914 e. The molecule has 1 aromatic heterocycles. The van der Waals surface area contributed by atoms with Crippen LogP contribution in [0, 0.1) is 13.8 Å². The fraction of sp³-hybridized carbons (Fsp3) is 0.167. The van der Waals surface area contributed by atoms with Crippen LogP contribution >= 0.6 is 0 Å². The standard InChI is InChI=1S/C12H12N2/c1-9-3-5-11(6-4-9)12-10(2)13-7-8-14-12/h3-8H,1-2H3. The van der Waals surface area contributed by atoms with Gasteiger partial charge in [0.05, 0.1) is 11.4 Å². The number of hydrogen-bond acceptors (Lipinski definition) is 2. The summed E-state index contributed by atoms with van der Waals surface area (Å²) in [5.74, 6) is 0. The molecule has 0 saturated carbocycles. The SMILES string of the molecule is Cc1ccc(-c2nccnc2C)cc1. The first-order chi connectivity index (χ1) is 6.77. The Labute approximate surface area is 83.7 Å². The first-order valence-electron chi connectivity index (χ1n) is 4.62. The number of nitrogens with zero attached hydrogens (tertiary/aromatic N) is 2. The molecule has 0 amide bonds. The van der Waals surface area contributed by atoms with Gasteiger partial charge in [0.15, 0.2) is 0 Å². The lowest BCUT2D eigenvalue weighted by Gasteiger charge is -2.03. The van der Waals surface area contributed by atoms with Crippen molar-refractivity contribution in [3.05, 3.63) is 47.9 Å². The van der Waals surface area contributed by atoms with E-state index in [-0.39, 0.29) is 0 Å². The number of aromatic nitrogens is 2. The highest BCUT2D eigenvalue weighted by molar-refractivity contribution is 5.61. The average Bonchev–Trinajstić information content (AvgIpc) is 2.20. The van der Waals surface area contributed by atoms with E-state index in [0.29, 0.717) is 0 Å². The lowest BCUT2D eigenvalue weighted by atomic mass is 10.1. The van der Waals surface area contributed by atoms with Crippen LogP contribution in [-0.2, 0) is 0 Å². The van der Waals surface area contributed by atoms with E-state index >= 15 is 0 Å². The fourth-order valence-corrected chi connectivity index (χ4v) is 1.40. The molecule has 0 N–H and O–H groups in total. The largest absolute Gasteiger partial charge is 0.258 e. The van der Waals surface area contributed by atoms with Gasteiger partial charge >= 0.3 is 0 Å². The zero-order chi connectivity index (χ0) is 9.97. The molecule has 2 heteroatoms. The second-order valence-corrected chi connectivity index (χ2v) is 3.36. The summed E-state index contributed by atoms with van der Waals surface area (Å²) >= 11 is 0. The van der Waals surface area contributed by atoms with Crippen molar-refractivity contribution in [2.75, 3.05) is 0 Å². The molecular formula is C12H12N2. The van der Waals surface area contributed by atoms with Crippen LogP contribution < -0.4 is 0 Å². The number of rotatable bonds is 1. The predicted octanol–water partition coefficient (Wildman–Crippen LogP) is 2.76. The van der Waals surface area contributed by atoms with E-state index in [2.05, 4.69) is 41.2 Å². The Kier molecular flexibility index (Phi) is 2.27. The second kappa shape index (κ2) is 3.58. The van der Waals surface area contributed by atoms with Gasteiger partial charge in [-0.05, 0) is 13.8 Å². The first-order valence-corrected chi connectivity index (χ1v) is 4.62. The average molecular weight is 184 g/mol. The van der Waals surface area contributed by atoms with Crippen LogP contribution in [0.2, 0.25) is 0 Å². The summed E-state index contributed by atoms with van der Waals surface area (Å²) in [6.07, 6.45) is 3.44. The highest BCUT2D eigenvalue weighted by Crippen LogP contribution is 2.18. The van der Waals surface area contributed by atoms with Crippen LogP contribution in [-0.4, -0.2) is 9.97 Å². The molecule has 2 rings (SSSR count). The molecule has 1 aromatic carbocycles. The van der Waals surface area contributed by atoms with Crippen molar-refractivity contribution >= 4 is 0 Å². The van der Waals surface area contributed by atoms with E-state index in [9.17, 15) is 0 Å². The van der Waals surface area contributed by atoms with Crippen molar-refractivity contribution in [3.63, 3.8) is 0 Å². The molecule has 0 aliphatic carbocycles. The van der Waals surface area contributed by atoms with Gasteiger partial charge in [0.2, 0.25) is 0 Å². The summed E-state index contributed by atoms with van der Waals surface area (Å²) in [6.45, 7) is 4.05. The topological polar surface area (TPSA) is 25.8 Å². The summed E-state index contributed by atoms with van der Waals surface area (Å²) in [7, 11) is 0. The van der Waals surface area contributed by atoms with Gasteiger partial charge < -0.3 is 0 Å². The van der Waals surface area contributed by atoms with Crippen LogP contribution in [0.1, 0.15) is 11.3 Å². The highest BCUT2D eigenvalue weighted by Gasteiger charge is 2.02. The second-order valence-electron chi connectivity index (χ2n) is 3.36. The third-order valence-corrected chi connectivity index (χ3v) is 2.21. The molecule has 0 fully saturated rings. The molecule has 0 saturated heterocycles. The van der Waals surface area contributed by atoms with Gasteiger partial charge in [-0.1, -0.05) is 29.8 Å². The van der Waals surface area contributed by atoms with Gasteiger partial charge in [-0.15, -0.1) is 0 Å².